The molecule has 4 heteroatoms. The summed E-state index contributed by atoms with van der Waals surface area (Å²) >= 11 is 0. The Labute approximate surface area is 121 Å². The zero-order chi connectivity index (χ0) is 15.3. The van der Waals surface area contributed by atoms with Crippen molar-refractivity contribution < 1.29 is 8.78 Å². The molecule has 0 aromatic heterocycles. The highest BCUT2D eigenvalue weighted by Gasteiger charge is 2.14. The van der Waals surface area contributed by atoms with Gasteiger partial charge in [-0.05, 0) is 52.3 Å². The highest BCUT2D eigenvalue weighted by molar-refractivity contribution is 5.20. The first-order chi connectivity index (χ1) is 9.32. The Kier molecular flexibility index (Phi) is 6.56. The lowest BCUT2D eigenvalue weighted by molar-refractivity contribution is 0.174. The van der Waals surface area contributed by atoms with Crippen LogP contribution in [-0.2, 0) is 0 Å². The van der Waals surface area contributed by atoms with E-state index in [9.17, 15) is 8.78 Å². The second kappa shape index (κ2) is 7.70. The van der Waals surface area contributed by atoms with E-state index >= 15 is 0 Å². The predicted octanol–water partition coefficient (Wildman–Crippen LogP) is 3.73. The third-order valence-electron chi connectivity index (χ3n) is 3.59. The molecule has 0 aliphatic carbocycles. The van der Waals surface area contributed by atoms with E-state index in [0.29, 0.717) is 12.1 Å². The van der Waals surface area contributed by atoms with Crippen molar-refractivity contribution in [3.05, 3.63) is 35.4 Å². The molecule has 0 radical (unpaired) electrons. The summed E-state index contributed by atoms with van der Waals surface area (Å²) in [5, 5.41) is 3.36. The average molecular weight is 284 g/mol. The molecule has 1 unspecified atom stereocenters. The molecule has 1 aromatic rings. The molecule has 0 saturated heterocycles. The molecule has 0 bridgehead atoms. The lowest BCUT2D eigenvalue weighted by Crippen LogP contribution is -2.41. The lowest BCUT2D eigenvalue weighted by Gasteiger charge is -2.31. The van der Waals surface area contributed by atoms with E-state index in [0.717, 1.165) is 18.7 Å². The van der Waals surface area contributed by atoms with Gasteiger partial charge in [0.2, 0.25) is 0 Å². The zero-order valence-corrected chi connectivity index (χ0v) is 13.1. The largest absolute Gasteiger partial charge is 0.309 e. The maximum atomic E-state index is 13.2. The van der Waals surface area contributed by atoms with E-state index in [2.05, 4.69) is 37.9 Å². The van der Waals surface area contributed by atoms with Crippen LogP contribution in [0.2, 0.25) is 0 Å². The topological polar surface area (TPSA) is 15.3 Å². The summed E-state index contributed by atoms with van der Waals surface area (Å²) in [5.74, 6) is -1.59. The Hall–Kier alpha value is -1.00. The number of rotatable bonds is 7. The van der Waals surface area contributed by atoms with Crippen LogP contribution in [0, 0.1) is 11.6 Å². The number of hydrogen-bond acceptors (Lipinski definition) is 2. The molecule has 114 valence electrons. The first-order valence-corrected chi connectivity index (χ1v) is 7.27. The molecular weight excluding hydrogens is 258 g/mol. The summed E-state index contributed by atoms with van der Waals surface area (Å²) in [6, 6.07) is 5.06. The van der Waals surface area contributed by atoms with E-state index in [1.165, 1.54) is 12.1 Å². The van der Waals surface area contributed by atoms with Gasteiger partial charge in [0.05, 0.1) is 0 Å². The first kappa shape index (κ1) is 17.1. The molecule has 1 rings (SSSR count). The third-order valence-corrected chi connectivity index (χ3v) is 3.59. The minimum Gasteiger partial charge on any atom is -0.309 e. The van der Waals surface area contributed by atoms with E-state index in [1.54, 1.807) is 6.07 Å². The van der Waals surface area contributed by atoms with Crippen LogP contribution in [0.15, 0.2) is 18.2 Å². The summed E-state index contributed by atoms with van der Waals surface area (Å²) in [6.07, 6.45) is 0. The highest BCUT2D eigenvalue weighted by atomic mass is 19.2. The number of nitrogens with one attached hydrogen (secondary N) is 1. The second-order valence-electron chi connectivity index (χ2n) is 5.77. The average Bonchev–Trinajstić information content (AvgIpc) is 2.36. The third kappa shape index (κ3) is 4.84. The van der Waals surface area contributed by atoms with Crippen molar-refractivity contribution in [3.8, 4) is 0 Å². The van der Waals surface area contributed by atoms with Gasteiger partial charge < -0.3 is 5.32 Å². The Morgan fingerprint density at radius 1 is 1.00 bits per heavy atom. The fourth-order valence-corrected chi connectivity index (χ4v) is 2.42. The molecule has 0 amide bonds. The Bertz CT molecular complexity index is 411. The summed E-state index contributed by atoms with van der Waals surface area (Å²) in [4.78, 5) is 2.39. The Morgan fingerprint density at radius 2 is 1.60 bits per heavy atom. The van der Waals surface area contributed by atoms with Crippen LogP contribution in [0.4, 0.5) is 8.78 Å². The summed E-state index contributed by atoms with van der Waals surface area (Å²) < 4.78 is 26.1. The molecular formula is C16H26F2N2. The number of benzene rings is 1. The van der Waals surface area contributed by atoms with Gasteiger partial charge in [0.1, 0.15) is 0 Å². The molecule has 0 spiro atoms. The molecule has 1 atom stereocenters. The van der Waals surface area contributed by atoms with E-state index in [1.807, 2.05) is 6.92 Å². The van der Waals surface area contributed by atoms with Gasteiger partial charge in [-0.15, -0.1) is 0 Å². The van der Waals surface area contributed by atoms with Crippen molar-refractivity contribution in [1.29, 1.82) is 0 Å². The molecule has 20 heavy (non-hydrogen) atoms. The summed E-state index contributed by atoms with van der Waals surface area (Å²) in [6.45, 7) is 12.4. The summed E-state index contributed by atoms with van der Waals surface area (Å²) in [7, 11) is 0. The van der Waals surface area contributed by atoms with Crippen molar-refractivity contribution >= 4 is 0 Å². The van der Waals surface area contributed by atoms with Gasteiger partial charge >= 0.3 is 0 Å². The fourth-order valence-electron chi connectivity index (χ4n) is 2.42. The van der Waals surface area contributed by atoms with Gasteiger partial charge in [0, 0.05) is 31.2 Å². The molecule has 2 nitrogen and oxygen atoms in total. The van der Waals surface area contributed by atoms with Gasteiger partial charge in [-0.2, -0.15) is 0 Å². The first-order valence-electron chi connectivity index (χ1n) is 7.27. The van der Waals surface area contributed by atoms with Crippen LogP contribution >= 0.6 is 0 Å². The zero-order valence-electron chi connectivity index (χ0n) is 13.1. The smallest absolute Gasteiger partial charge is 0.159 e. The highest BCUT2D eigenvalue weighted by Crippen LogP contribution is 2.15. The Morgan fingerprint density at radius 3 is 2.10 bits per heavy atom. The lowest BCUT2D eigenvalue weighted by atomic mass is 10.1. The van der Waals surface area contributed by atoms with Crippen LogP contribution in [-0.4, -0.2) is 30.1 Å². The van der Waals surface area contributed by atoms with E-state index in [4.69, 9.17) is 0 Å². The van der Waals surface area contributed by atoms with Gasteiger partial charge in [0.25, 0.3) is 0 Å². The predicted molar refractivity (Wildman–Crippen MR) is 79.8 cm³/mol. The maximum Gasteiger partial charge on any atom is 0.159 e. The van der Waals surface area contributed by atoms with Crippen molar-refractivity contribution in [2.45, 2.75) is 52.7 Å². The van der Waals surface area contributed by atoms with Crippen LogP contribution in [0.25, 0.3) is 0 Å². The number of nitrogens with zero attached hydrogens (tertiary/aromatic N) is 1. The molecule has 0 aliphatic heterocycles. The van der Waals surface area contributed by atoms with Crippen LogP contribution in [0.3, 0.4) is 0 Å². The SMILES string of the molecule is CC(NCCN(C(C)C)C(C)C)c1ccc(F)c(F)c1. The molecule has 0 aliphatic rings. The number of halogens is 2. The standard InChI is InChI=1S/C16H26F2N2/c1-11(2)20(12(3)4)9-8-19-13(5)14-6-7-15(17)16(18)10-14/h6-7,10-13,19H,8-9H2,1-5H3. The summed E-state index contributed by atoms with van der Waals surface area (Å²) in [5.41, 5.74) is 0.768. The normalized spacial score (nSPS) is 13.5. The number of hydrogen-bond donors (Lipinski definition) is 1. The van der Waals surface area contributed by atoms with Crippen molar-refractivity contribution in [3.63, 3.8) is 0 Å². The van der Waals surface area contributed by atoms with Crippen LogP contribution < -0.4 is 5.32 Å². The fraction of sp³-hybridized carbons (Fsp3) is 0.625. The van der Waals surface area contributed by atoms with Crippen molar-refractivity contribution in [2.75, 3.05) is 13.1 Å². The van der Waals surface area contributed by atoms with Crippen LogP contribution in [0.5, 0.6) is 0 Å². The molecule has 1 N–H and O–H groups in total. The maximum absolute atomic E-state index is 13.2. The quantitative estimate of drug-likeness (QED) is 0.820. The monoisotopic (exact) mass is 284 g/mol. The van der Waals surface area contributed by atoms with Gasteiger partial charge in [-0.1, -0.05) is 6.07 Å². The minimum atomic E-state index is -0.799. The molecule has 1 aromatic carbocycles. The minimum absolute atomic E-state index is 0.00581. The van der Waals surface area contributed by atoms with Gasteiger partial charge in [0.15, 0.2) is 11.6 Å². The van der Waals surface area contributed by atoms with E-state index in [-0.39, 0.29) is 6.04 Å². The van der Waals surface area contributed by atoms with Crippen LogP contribution in [0.1, 0.15) is 46.2 Å². The molecule has 0 fully saturated rings. The Balaban J connectivity index is 2.50. The second-order valence-corrected chi connectivity index (χ2v) is 5.77. The molecule has 0 saturated carbocycles. The van der Waals surface area contributed by atoms with Gasteiger partial charge in [-0.3, -0.25) is 4.90 Å². The van der Waals surface area contributed by atoms with E-state index < -0.39 is 11.6 Å². The van der Waals surface area contributed by atoms with Crippen molar-refractivity contribution in [1.82, 2.24) is 10.2 Å². The van der Waals surface area contributed by atoms with Crippen molar-refractivity contribution in [2.24, 2.45) is 0 Å². The van der Waals surface area contributed by atoms with Gasteiger partial charge in [-0.25, -0.2) is 8.78 Å². The molecule has 0 heterocycles.